The molecule has 0 N–H and O–H groups in total. The highest BCUT2D eigenvalue weighted by molar-refractivity contribution is 6.99. The van der Waals surface area contributed by atoms with Crippen LogP contribution in [0.1, 0.15) is 144 Å². The highest BCUT2D eigenvalue weighted by Gasteiger charge is 2.30. The van der Waals surface area contributed by atoms with Crippen LogP contribution in [0.5, 0.6) is 5.88 Å². The first-order valence-corrected chi connectivity index (χ1v) is 20.3. The Hall–Kier alpha value is -3.00. The Balaban J connectivity index is 1.69. The SMILES string of the molecule is CCCCCCCCCCCCCCCCCC(=O)O[C@@H](C)C(=O)OCC(=O)O[C@H](COc1nsnc1N1CCOCC1)CN(C(C)=O)C(C)(C)C. The van der Waals surface area contributed by atoms with E-state index in [2.05, 4.69) is 15.7 Å². The maximum Gasteiger partial charge on any atom is 0.347 e. The molecule has 13 nitrogen and oxygen atoms in total. The van der Waals surface area contributed by atoms with Crippen molar-refractivity contribution in [2.24, 2.45) is 0 Å². The molecule has 1 aromatic heterocycles. The van der Waals surface area contributed by atoms with E-state index in [0.29, 0.717) is 44.4 Å². The Bertz CT molecular complexity index is 1170. The Labute approximate surface area is 316 Å². The van der Waals surface area contributed by atoms with Gasteiger partial charge in [0, 0.05) is 32.0 Å². The van der Waals surface area contributed by atoms with Crippen LogP contribution in [-0.4, -0.2) is 101 Å². The fourth-order valence-corrected chi connectivity index (χ4v) is 6.54. The summed E-state index contributed by atoms with van der Waals surface area (Å²) in [5.41, 5.74) is -0.560. The lowest BCUT2D eigenvalue weighted by Gasteiger charge is -2.37. The lowest BCUT2D eigenvalue weighted by Crippen LogP contribution is -2.50. The number of unbranched alkanes of at least 4 members (excludes halogenated alkanes) is 14. The lowest BCUT2D eigenvalue weighted by atomic mass is 10.0. The monoisotopic (exact) mass is 754 g/mol. The minimum atomic E-state index is -1.17. The second-order valence-corrected chi connectivity index (χ2v) is 15.2. The van der Waals surface area contributed by atoms with Crippen LogP contribution in [0.3, 0.4) is 0 Å². The fourth-order valence-electron chi connectivity index (χ4n) is 6.02. The highest BCUT2D eigenvalue weighted by atomic mass is 32.1. The summed E-state index contributed by atoms with van der Waals surface area (Å²) in [7, 11) is 0. The minimum absolute atomic E-state index is 0.0380. The number of amides is 1. The van der Waals surface area contributed by atoms with Gasteiger partial charge in [0.05, 0.1) is 31.5 Å². The third-order valence-corrected chi connectivity index (χ3v) is 9.49. The van der Waals surface area contributed by atoms with Crippen LogP contribution in [0.25, 0.3) is 0 Å². The quantitative estimate of drug-likeness (QED) is 0.0515. The molecule has 0 spiro atoms. The van der Waals surface area contributed by atoms with Crippen molar-refractivity contribution in [1.29, 1.82) is 0 Å². The summed E-state index contributed by atoms with van der Waals surface area (Å²) in [5, 5.41) is 0. The molecule has 0 bridgehead atoms. The zero-order chi connectivity index (χ0) is 38.2. The van der Waals surface area contributed by atoms with Gasteiger partial charge in [0.25, 0.3) is 5.88 Å². The van der Waals surface area contributed by atoms with Crippen molar-refractivity contribution in [3.8, 4) is 5.88 Å². The number of rotatable bonds is 27. The zero-order valence-corrected chi connectivity index (χ0v) is 33.6. The van der Waals surface area contributed by atoms with Gasteiger partial charge in [-0.2, -0.15) is 4.37 Å². The molecular weight excluding hydrogens is 689 g/mol. The van der Waals surface area contributed by atoms with Crippen molar-refractivity contribution in [2.75, 3.05) is 51.0 Å². The first-order chi connectivity index (χ1) is 24.9. The molecule has 1 saturated heterocycles. The van der Waals surface area contributed by atoms with Crippen molar-refractivity contribution >= 4 is 41.4 Å². The smallest absolute Gasteiger partial charge is 0.347 e. The Kier molecular flexibility index (Phi) is 22.5. The predicted octanol–water partition coefficient (Wildman–Crippen LogP) is 7.05. The highest BCUT2D eigenvalue weighted by Crippen LogP contribution is 2.27. The largest absolute Gasteiger partial charge is 0.470 e. The lowest BCUT2D eigenvalue weighted by molar-refractivity contribution is -0.173. The average molecular weight is 755 g/mol. The molecule has 0 saturated carbocycles. The summed E-state index contributed by atoms with van der Waals surface area (Å²) in [5.74, 6) is -1.49. The zero-order valence-electron chi connectivity index (χ0n) is 32.8. The van der Waals surface area contributed by atoms with E-state index in [4.69, 9.17) is 23.7 Å². The number of aromatic nitrogens is 2. The second kappa shape index (κ2) is 25.9. The van der Waals surface area contributed by atoms with E-state index < -0.39 is 42.3 Å². The molecule has 1 amide bonds. The number of carbonyl (C=O) groups excluding carboxylic acids is 4. The van der Waals surface area contributed by atoms with Crippen LogP contribution in [-0.2, 0) is 38.1 Å². The van der Waals surface area contributed by atoms with E-state index in [1.165, 1.54) is 90.9 Å². The number of esters is 3. The van der Waals surface area contributed by atoms with E-state index in [0.717, 1.165) is 24.6 Å². The van der Waals surface area contributed by atoms with Gasteiger partial charge in [-0.15, -0.1) is 4.37 Å². The molecule has 298 valence electrons. The molecule has 1 aliphatic heterocycles. The molecule has 2 rings (SSSR count). The summed E-state index contributed by atoms with van der Waals surface area (Å²) in [6.45, 7) is 12.4. The van der Waals surface area contributed by atoms with E-state index in [1.54, 1.807) is 4.90 Å². The van der Waals surface area contributed by atoms with Gasteiger partial charge in [-0.3, -0.25) is 9.59 Å². The van der Waals surface area contributed by atoms with Crippen molar-refractivity contribution in [2.45, 2.75) is 162 Å². The third-order valence-electron chi connectivity index (χ3n) is 8.99. The normalized spacial score (nSPS) is 14.4. The van der Waals surface area contributed by atoms with Crippen molar-refractivity contribution in [3.63, 3.8) is 0 Å². The summed E-state index contributed by atoms with van der Waals surface area (Å²) in [4.78, 5) is 53.8. The van der Waals surface area contributed by atoms with E-state index in [9.17, 15) is 19.2 Å². The molecule has 2 atom stereocenters. The molecule has 1 fully saturated rings. The number of ether oxygens (including phenoxy) is 5. The minimum Gasteiger partial charge on any atom is -0.470 e. The average Bonchev–Trinajstić information content (AvgIpc) is 3.58. The van der Waals surface area contributed by atoms with Gasteiger partial charge in [0.1, 0.15) is 6.61 Å². The second-order valence-electron chi connectivity index (χ2n) is 14.7. The van der Waals surface area contributed by atoms with Gasteiger partial charge in [0.15, 0.2) is 18.8 Å². The summed E-state index contributed by atoms with van der Waals surface area (Å²) in [6, 6.07) is 0. The topological polar surface area (TPSA) is 147 Å². The molecule has 0 unspecified atom stereocenters. The molecule has 52 heavy (non-hydrogen) atoms. The molecular formula is C38H66N4O9S. The summed E-state index contributed by atoms with van der Waals surface area (Å²) < 4.78 is 36.0. The van der Waals surface area contributed by atoms with Crippen molar-refractivity contribution < 1.29 is 42.9 Å². The van der Waals surface area contributed by atoms with Crippen LogP contribution >= 0.6 is 11.7 Å². The molecule has 1 aliphatic rings. The third kappa shape index (κ3) is 19.2. The molecule has 0 radical (unpaired) electrons. The molecule has 0 aliphatic carbocycles. The van der Waals surface area contributed by atoms with Gasteiger partial charge in [-0.05, 0) is 34.1 Å². The molecule has 0 aromatic carbocycles. The van der Waals surface area contributed by atoms with Gasteiger partial charge >= 0.3 is 17.9 Å². The van der Waals surface area contributed by atoms with E-state index in [1.807, 2.05) is 25.7 Å². The van der Waals surface area contributed by atoms with Gasteiger partial charge in [-0.25, -0.2) is 9.59 Å². The van der Waals surface area contributed by atoms with Crippen molar-refractivity contribution in [1.82, 2.24) is 13.6 Å². The molecule has 1 aromatic rings. The van der Waals surface area contributed by atoms with Crippen LogP contribution in [0.4, 0.5) is 5.82 Å². The number of hydrogen-bond acceptors (Lipinski definition) is 13. The maximum absolute atomic E-state index is 12.8. The maximum atomic E-state index is 12.8. The molecule has 2 heterocycles. The molecule has 14 heteroatoms. The number of anilines is 1. The van der Waals surface area contributed by atoms with E-state index in [-0.39, 0.29) is 25.5 Å². The van der Waals surface area contributed by atoms with Crippen LogP contribution in [0.2, 0.25) is 0 Å². The Morgan fingerprint density at radius 1 is 0.827 bits per heavy atom. The number of hydrogen-bond donors (Lipinski definition) is 0. The van der Waals surface area contributed by atoms with Gasteiger partial charge < -0.3 is 33.5 Å². The summed E-state index contributed by atoms with van der Waals surface area (Å²) in [6.07, 6.45) is 16.7. The first-order valence-electron chi connectivity index (χ1n) is 19.5. The summed E-state index contributed by atoms with van der Waals surface area (Å²) >= 11 is 1.01. The number of morpholine rings is 1. The Morgan fingerprint density at radius 3 is 1.92 bits per heavy atom. The van der Waals surface area contributed by atoms with Crippen LogP contribution in [0.15, 0.2) is 0 Å². The predicted molar refractivity (Wildman–Crippen MR) is 202 cm³/mol. The van der Waals surface area contributed by atoms with Gasteiger partial charge in [0.2, 0.25) is 11.7 Å². The fraction of sp³-hybridized carbons (Fsp3) is 0.842. The van der Waals surface area contributed by atoms with Crippen LogP contribution < -0.4 is 9.64 Å². The van der Waals surface area contributed by atoms with Gasteiger partial charge in [-0.1, -0.05) is 96.8 Å². The standard InChI is InChI=1S/C38H66N4O9S/c1-7-8-9-10-11-12-13-14-15-16-17-18-19-20-21-22-33(44)50-30(2)37(46)49-29-34(45)51-32(27-42(31(3)43)38(4,5)6)28-48-36-35(39-52-40-36)41-23-25-47-26-24-41/h30,32H,7-29H2,1-6H3/t30-,32-/m0/s1. The number of carbonyl (C=O) groups is 4. The van der Waals surface area contributed by atoms with E-state index >= 15 is 0 Å². The Morgan fingerprint density at radius 2 is 1.38 bits per heavy atom. The van der Waals surface area contributed by atoms with Crippen molar-refractivity contribution in [3.05, 3.63) is 0 Å². The number of nitrogens with zero attached hydrogens (tertiary/aromatic N) is 4. The van der Waals surface area contributed by atoms with Crippen LogP contribution in [0, 0.1) is 0 Å². The first kappa shape index (κ1) is 45.2.